The molecule has 2 fully saturated rings. The highest BCUT2D eigenvalue weighted by Crippen LogP contribution is 2.51. The third kappa shape index (κ3) is 2.99. The van der Waals surface area contributed by atoms with E-state index >= 15 is 0 Å². The molecule has 0 radical (unpaired) electrons. The molecule has 0 bridgehead atoms. The maximum absolute atomic E-state index is 12.7. The summed E-state index contributed by atoms with van der Waals surface area (Å²) in [5.41, 5.74) is 1.39. The highest BCUT2D eigenvalue weighted by Gasteiger charge is 2.47. The summed E-state index contributed by atoms with van der Waals surface area (Å²) in [7, 11) is 0. The number of nitrogens with zero attached hydrogens (tertiary/aromatic N) is 2. The molecule has 5 nitrogen and oxygen atoms in total. The van der Waals surface area contributed by atoms with Crippen LogP contribution in [0.3, 0.4) is 0 Å². The van der Waals surface area contributed by atoms with E-state index in [4.69, 9.17) is 11.6 Å². The van der Waals surface area contributed by atoms with Crippen LogP contribution in [0, 0.1) is 11.8 Å². The van der Waals surface area contributed by atoms with Crippen LogP contribution in [0.15, 0.2) is 58.1 Å². The van der Waals surface area contributed by atoms with E-state index in [0.29, 0.717) is 35.2 Å². The molecule has 3 atom stereocenters. The lowest BCUT2D eigenvalue weighted by atomic mass is 9.64. The molecule has 3 aromatic rings. The zero-order valence-electron chi connectivity index (χ0n) is 15.5. The highest BCUT2D eigenvalue weighted by molar-refractivity contribution is 6.30. The van der Waals surface area contributed by atoms with E-state index in [1.807, 2.05) is 24.3 Å². The molecule has 2 aromatic carbocycles. The molecule has 6 heteroatoms. The van der Waals surface area contributed by atoms with Crippen molar-refractivity contribution < 1.29 is 0 Å². The number of hydrogen-bond acceptors (Lipinski definition) is 3. The van der Waals surface area contributed by atoms with Crippen molar-refractivity contribution in [3.8, 4) is 0 Å². The van der Waals surface area contributed by atoms with Crippen molar-refractivity contribution in [3.63, 3.8) is 0 Å². The number of halogens is 1. The van der Waals surface area contributed by atoms with E-state index in [9.17, 15) is 9.59 Å². The van der Waals surface area contributed by atoms with Gasteiger partial charge >= 0.3 is 5.69 Å². The van der Waals surface area contributed by atoms with Crippen LogP contribution in [0.5, 0.6) is 0 Å². The van der Waals surface area contributed by atoms with Crippen LogP contribution in [0.4, 0.5) is 0 Å². The molecule has 2 unspecified atom stereocenters. The fourth-order valence-electron chi connectivity index (χ4n) is 4.95. The van der Waals surface area contributed by atoms with Crippen LogP contribution in [0.25, 0.3) is 10.9 Å². The Morgan fingerprint density at radius 3 is 2.75 bits per heavy atom. The Balaban J connectivity index is 1.29. The molecule has 0 amide bonds. The summed E-state index contributed by atoms with van der Waals surface area (Å²) in [5, 5.41) is 1.36. The summed E-state index contributed by atoms with van der Waals surface area (Å²) in [6.07, 6.45) is 1.19. The summed E-state index contributed by atoms with van der Waals surface area (Å²) in [4.78, 5) is 30.2. The van der Waals surface area contributed by atoms with E-state index in [1.54, 1.807) is 12.1 Å². The molecule has 1 aliphatic carbocycles. The van der Waals surface area contributed by atoms with Crippen LogP contribution in [-0.2, 0) is 6.54 Å². The lowest BCUT2D eigenvalue weighted by molar-refractivity contribution is 0.191. The fourth-order valence-corrected chi connectivity index (χ4v) is 5.14. The number of H-pyrrole nitrogens is 1. The minimum absolute atomic E-state index is 0.210. The number of aromatic amines is 1. The van der Waals surface area contributed by atoms with Gasteiger partial charge in [0.2, 0.25) is 0 Å². The van der Waals surface area contributed by atoms with E-state index in [2.05, 4.69) is 22.0 Å². The van der Waals surface area contributed by atoms with E-state index in [0.717, 1.165) is 24.7 Å². The molecule has 0 spiro atoms. The Kier molecular flexibility index (Phi) is 4.37. The number of nitrogens with one attached hydrogen (secondary N) is 1. The first-order valence-electron chi connectivity index (χ1n) is 9.80. The van der Waals surface area contributed by atoms with Crippen molar-refractivity contribution in [1.82, 2.24) is 14.5 Å². The summed E-state index contributed by atoms with van der Waals surface area (Å²) < 4.78 is 1.33. The largest absolute Gasteiger partial charge is 0.328 e. The third-order valence-corrected chi connectivity index (χ3v) is 6.68. The Bertz CT molecular complexity index is 1150. The molecular weight excluding hydrogens is 374 g/mol. The van der Waals surface area contributed by atoms with Crippen molar-refractivity contribution in [1.29, 1.82) is 0 Å². The maximum Gasteiger partial charge on any atom is 0.328 e. The molecule has 2 aliphatic rings. The van der Waals surface area contributed by atoms with Crippen LogP contribution in [0.2, 0.25) is 5.02 Å². The van der Waals surface area contributed by atoms with Crippen LogP contribution < -0.4 is 11.2 Å². The van der Waals surface area contributed by atoms with Gasteiger partial charge in [0.1, 0.15) is 0 Å². The molecule has 5 rings (SSSR count). The normalized spacial score (nSPS) is 24.2. The Hall–Kier alpha value is -2.37. The molecule has 1 saturated heterocycles. The molecule has 28 heavy (non-hydrogen) atoms. The van der Waals surface area contributed by atoms with Gasteiger partial charge in [-0.2, -0.15) is 0 Å². The van der Waals surface area contributed by atoms with E-state index < -0.39 is 0 Å². The van der Waals surface area contributed by atoms with Gasteiger partial charge in [0.25, 0.3) is 5.56 Å². The van der Waals surface area contributed by atoms with Gasteiger partial charge in [-0.25, -0.2) is 4.79 Å². The quantitative estimate of drug-likeness (QED) is 0.738. The lowest BCUT2D eigenvalue weighted by Crippen LogP contribution is -2.38. The molecule has 1 aliphatic heterocycles. The first kappa shape index (κ1) is 17.7. The molecule has 2 heterocycles. The number of aromatic nitrogens is 2. The van der Waals surface area contributed by atoms with Crippen LogP contribution >= 0.6 is 11.6 Å². The van der Waals surface area contributed by atoms with Crippen molar-refractivity contribution >= 4 is 22.5 Å². The monoisotopic (exact) mass is 395 g/mol. The number of benzene rings is 2. The van der Waals surface area contributed by atoms with Gasteiger partial charge < -0.3 is 9.88 Å². The Labute approximate surface area is 167 Å². The second-order valence-electron chi connectivity index (χ2n) is 8.01. The minimum atomic E-state index is -0.331. The zero-order valence-corrected chi connectivity index (χ0v) is 16.2. The average molecular weight is 396 g/mol. The van der Waals surface area contributed by atoms with Gasteiger partial charge in [-0.15, -0.1) is 0 Å². The standard InChI is InChI=1S/C22H22ClN3O2/c23-16-5-3-4-14(10-16)18-11-15-12-25(13-19(15)18)8-9-26-21(27)17-6-1-2-7-20(17)24-22(26)28/h1-7,10,15,18-19H,8-9,11-13H2,(H,24,28)/t15?,18-,19?/m0/s1. The summed E-state index contributed by atoms with van der Waals surface area (Å²) in [5.74, 6) is 1.92. The van der Waals surface area contributed by atoms with Crippen molar-refractivity contribution in [2.75, 3.05) is 19.6 Å². The van der Waals surface area contributed by atoms with Gasteiger partial charge in [0, 0.05) is 31.2 Å². The highest BCUT2D eigenvalue weighted by atomic mass is 35.5. The second-order valence-corrected chi connectivity index (χ2v) is 8.45. The zero-order chi connectivity index (χ0) is 19.3. The van der Waals surface area contributed by atoms with Crippen molar-refractivity contribution in [2.45, 2.75) is 18.9 Å². The number of hydrogen-bond donors (Lipinski definition) is 1. The molecule has 1 saturated carbocycles. The van der Waals surface area contributed by atoms with Gasteiger partial charge in [-0.3, -0.25) is 9.36 Å². The number of rotatable bonds is 4. The topological polar surface area (TPSA) is 58.1 Å². The molecule has 1 aromatic heterocycles. The predicted molar refractivity (Wildman–Crippen MR) is 111 cm³/mol. The smallest absolute Gasteiger partial charge is 0.307 e. The maximum atomic E-state index is 12.7. The number of likely N-dealkylation sites (tertiary alicyclic amines) is 1. The van der Waals surface area contributed by atoms with Gasteiger partial charge in [0.15, 0.2) is 0 Å². The van der Waals surface area contributed by atoms with Crippen molar-refractivity contribution in [3.05, 3.63) is 80.0 Å². The fraction of sp³-hybridized carbons (Fsp3) is 0.364. The SMILES string of the molecule is O=c1[nH]c2ccccc2c(=O)n1CCN1CC2C[C@@H](c3cccc(Cl)c3)C2C1. The first-order chi connectivity index (χ1) is 13.6. The van der Waals surface area contributed by atoms with E-state index in [1.165, 1.54) is 16.6 Å². The van der Waals surface area contributed by atoms with E-state index in [-0.39, 0.29) is 11.2 Å². The molecule has 1 N–H and O–H groups in total. The molecular formula is C22H22ClN3O2. The van der Waals surface area contributed by atoms with Gasteiger partial charge in [-0.05, 0) is 54.0 Å². The number of fused-ring (bicyclic) bond motifs is 2. The summed E-state index contributed by atoms with van der Waals surface area (Å²) in [6.45, 7) is 3.20. The first-order valence-corrected chi connectivity index (χ1v) is 10.2. The minimum Gasteiger partial charge on any atom is -0.307 e. The predicted octanol–water partition coefficient (Wildman–Crippen LogP) is 3.08. The van der Waals surface area contributed by atoms with Gasteiger partial charge in [0.05, 0.1) is 10.9 Å². The average Bonchev–Trinajstić information content (AvgIpc) is 2.98. The summed E-state index contributed by atoms with van der Waals surface area (Å²) in [6, 6.07) is 15.4. The Morgan fingerprint density at radius 2 is 1.89 bits per heavy atom. The van der Waals surface area contributed by atoms with Crippen LogP contribution in [-0.4, -0.2) is 34.1 Å². The summed E-state index contributed by atoms with van der Waals surface area (Å²) >= 11 is 6.15. The molecule has 144 valence electrons. The van der Waals surface area contributed by atoms with Gasteiger partial charge in [-0.1, -0.05) is 35.9 Å². The van der Waals surface area contributed by atoms with Crippen molar-refractivity contribution in [2.24, 2.45) is 11.8 Å². The Morgan fingerprint density at radius 1 is 1.04 bits per heavy atom. The van der Waals surface area contributed by atoms with Crippen LogP contribution in [0.1, 0.15) is 17.9 Å². The lowest BCUT2D eigenvalue weighted by Gasteiger charge is -2.40. The second kappa shape index (κ2) is 6.90. The number of para-hydroxylation sites is 1. The third-order valence-electron chi connectivity index (χ3n) is 6.45.